The lowest BCUT2D eigenvalue weighted by Gasteiger charge is -2.18. The molecule has 1 aromatic carbocycles. The molecule has 0 amide bonds. The van der Waals surface area contributed by atoms with E-state index >= 15 is 0 Å². The fourth-order valence-electron chi connectivity index (χ4n) is 2.80. The molecule has 0 bridgehead atoms. The summed E-state index contributed by atoms with van der Waals surface area (Å²) in [6.07, 6.45) is 6.57. The van der Waals surface area contributed by atoms with Gasteiger partial charge in [0.1, 0.15) is 0 Å². The number of carboxylic acids is 1. The summed E-state index contributed by atoms with van der Waals surface area (Å²) in [5, 5.41) is 10.1. The molecule has 0 spiro atoms. The number of benzene rings is 1. The number of thiazole rings is 1. The van der Waals surface area contributed by atoms with Gasteiger partial charge in [0.05, 0.1) is 21.6 Å². The smallest absolute Gasteiger partial charge is 0.307 e. The molecule has 3 rings (SSSR count). The Kier molecular flexibility index (Phi) is 3.51. The first-order chi connectivity index (χ1) is 9.22. The summed E-state index contributed by atoms with van der Waals surface area (Å²) >= 11 is 1.74. The van der Waals surface area contributed by atoms with Crippen LogP contribution in [-0.2, 0) is 11.2 Å². The molecule has 1 heterocycles. The van der Waals surface area contributed by atoms with Crippen LogP contribution in [0.3, 0.4) is 0 Å². The van der Waals surface area contributed by atoms with Crippen molar-refractivity contribution < 1.29 is 9.90 Å². The van der Waals surface area contributed by atoms with E-state index in [2.05, 4.69) is 0 Å². The molecule has 1 saturated carbocycles. The number of rotatable bonds is 3. The third kappa shape index (κ3) is 2.78. The molecule has 0 saturated heterocycles. The average molecular weight is 275 g/mol. The van der Waals surface area contributed by atoms with Crippen molar-refractivity contribution in [3.63, 3.8) is 0 Å². The molecule has 19 heavy (non-hydrogen) atoms. The van der Waals surface area contributed by atoms with Crippen LogP contribution in [0.4, 0.5) is 0 Å². The van der Waals surface area contributed by atoms with E-state index in [4.69, 9.17) is 10.1 Å². The second-order valence-corrected chi connectivity index (χ2v) is 6.32. The zero-order chi connectivity index (χ0) is 13.2. The largest absolute Gasteiger partial charge is 0.481 e. The summed E-state index contributed by atoms with van der Waals surface area (Å²) in [5.74, 6) is -0.162. The fraction of sp³-hybridized carbons (Fsp3) is 0.467. The second-order valence-electron chi connectivity index (χ2n) is 5.26. The second kappa shape index (κ2) is 5.29. The van der Waals surface area contributed by atoms with Gasteiger partial charge in [-0.15, -0.1) is 11.3 Å². The Labute approximate surface area is 116 Å². The van der Waals surface area contributed by atoms with Crippen LogP contribution in [0.25, 0.3) is 10.2 Å². The van der Waals surface area contributed by atoms with Gasteiger partial charge in [-0.3, -0.25) is 4.79 Å². The molecule has 100 valence electrons. The van der Waals surface area contributed by atoms with E-state index in [1.165, 1.54) is 37.1 Å². The zero-order valence-corrected chi connectivity index (χ0v) is 11.6. The van der Waals surface area contributed by atoms with Crippen molar-refractivity contribution in [1.29, 1.82) is 0 Å². The van der Waals surface area contributed by atoms with Crippen LogP contribution < -0.4 is 0 Å². The van der Waals surface area contributed by atoms with Crippen molar-refractivity contribution in [2.45, 2.75) is 44.4 Å². The highest BCUT2D eigenvalue weighted by Gasteiger charge is 2.19. The van der Waals surface area contributed by atoms with E-state index in [1.54, 1.807) is 11.3 Å². The summed E-state index contributed by atoms with van der Waals surface area (Å²) in [6, 6.07) is 5.81. The third-order valence-electron chi connectivity index (χ3n) is 3.78. The molecular weight excluding hydrogens is 258 g/mol. The van der Waals surface area contributed by atoms with Gasteiger partial charge in [-0.1, -0.05) is 25.3 Å². The van der Waals surface area contributed by atoms with Crippen LogP contribution in [0.15, 0.2) is 18.2 Å². The lowest BCUT2D eigenvalue weighted by Crippen LogP contribution is -2.03. The molecular formula is C15H17NO2S. The van der Waals surface area contributed by atoms with Crippen molar-refractivity contribution in [2.24, 2.45) is 0 Å². The van der Waals surface area contributed by atoms with Crippen molar-refractivity contribution in [1.82, 2.24) is 4.98 Å². The quantitative estimate of drug-likeness (QED) is 0.922. The highest BCUT2D eigenvalue weighted by Crippen LogP contribution is 2.36. The highest BCUT2D eigenvalue weighted by atomic mass is 32.1. The van der Waals surface area contributed by atoms with E-state index in [-0.39, 0.29) is 6.42 Å². The minimum atomic E-state index is -0.781. The van der Waals surface area contributed by atoms with Gasteiger partial charge >= 0.3 is 5.97 Å². The van der Waals surface area contributed by atoms with Gasteiger partial charge < -0.3 is 5.11 Å². The number of carbonyl (C=O) groups is 1. The molecule has 1 N–H and O–H groups in total. The predicted octanol–water partition coefficient (Wildman–Crippen LogP) is 3.97. The minimum absolute atomic E-state index is 0.0899. The predicted molar refractivity (Wildman–Crippen MR) is 76.8 cm³/mol. The fourth-order valence-corrected chi connectivity index (χ4v) is 4.00. The summed E-state index contributed by atoms with van der Waals surface area (Å²) in [5.41, 5.74) is 1.87. The number of carboxylic acid groups (broad SMARTS) is 1. The molecule has 0 unspecified atom stereocenters. The minimum Gasteiger partial charge on any atom is -0.481 e. The van der Waals surface area contributed by atoms with Gasteiger partial charge in [-0.2, -0.15) is 0 Å². The summed E-state index contributed by atoms with van der Waals surface area (Å²) in [4.78, 5) is 15.5. The van der Waals surface area contributed by atoms with Crippen LogP contribution in [-0.4, -0.2) is 16.1 Å². The van der Waals surface area contributed by atoms with Gasteiger partial charge in [0, 0.05) is 5.92 Å². The van der Waals surface area contributed by atoms with Gasteiger partial charge in [0.2, 0.25) is 0 Å². The molecule has 2 aromatic rings. The SMILES string of the molecule is O=C(O)Cc1ccc2nc(C3CCCCC3)sc2c1. The number of hydrogen-bond acceptors (Lipinski definition) is 3. The lowest BCUT2D eigenvalue weighted by atomic mass is 9.90. The van der Waals surface area contributed by atoms with Crippen LogP contribution in [0.2, 0.25) is 0 Å². The first kappa shape index (κ1) is 12.6. The highest BCUT2D eigenvalue weighted by molar-refractivity contribution is 7.18. The maximum absolute atomic E-state index is 10.7. The van der Waals surface area contributed by atoms with Crippen LogP contribution in [0, 0.1) is 0 Å². The lowest BCUT2D eigenvalue weighted by molar-refractivity contribution is -0.136. The Morgan fingerprint density at radius 1 is 1.32 bits per heavy atom. The Bertz CT molecular complexity index is 599. The topological polar surface area (TPSA) is 50.2 Å². The number of hydrogen-bond donors (Lipinski definition) is 1. The monoisotopic (exact) mass is 275 g/mol. The molecule has 1 fully saturated rings. The average Bonchev–Trinajstić information content (AvgIpc) is 2.82. The Balaban J connectivity index is 1.89. The Morgan fingerprint density at radius 3 is 2.84 bits per heavy atom. The Hall–Kier alpha value is -1.42. The molecule has 0 radical (unpaired) electrons. The maximum atomic E-state index is 10.7. The van der Waals surface area contributed by atoms with E-state index in [1.807, 2.05) is 18.2 Å². The molecule has 0 atom stereocenters. The van der Waals surface area contributed by atoms with Crippen LogP contribution in [0.1, 0.15) is 48.6 Å². The van der Waals surface area contributed by atoms with Gasteiger partial charge in [-0.05, 0) is 30.5 Å². The van der Waals surface area contributed by atoms with Crippen molar-refractivity contribution >= 4 is 27.5 Å². The summed E-state index contributed by atoms with van der Waals surface area (Å²) in [7, 11) is 0. The summed E-state index contributed by atoms with van der Waals surface area (Å²) < 4.78 is 1.12. The number of fused-ring (bicyclic) bond motifs is 1. The number of aromatic nitrogens is 1. The normalized spacial score (nSPS) is 16.8. The van der Waals surface area contributed by atoms with Crippen LogP contribution in [0.5, 0.6) is 0 Å². The zero-order valence-electron chi connectivity index (χ0n) is 10.8. The van der Waals surface area contributed by atoms with Crippen molar-refractivity contribution in [2.75, 3.05) is 0 Å². The molecule has 1 aliphatic carbocycles. The number of aliphatic carboxylic acids is 1. The number of nitrogens with zero attached hydrogens (tertiary/aromatic N) is 1. The van der Waals surface area contributed by atoms with Gasteiger partial charge in [0.25, 0.3) is 0 Å². The Morgan fingerprint density at radius 2 is 2.11 bits per heavy atom. The van der Waals surface area contributed by atoms with E-state index < -0.39 is 5.97 Å². The van der Waals surface area contributed by atoms with Gasteiger partial charge in [-0.25, -0.2) is 4.98 Å². The molecule has 0 aliphatic heterocycles. The van der Waals surface area contributed by atoms with Crippen molar-refractivity contribution in [3.8, 4) is 0 Å². The van der Waals surface area contributed by atoms with E-state index in [0.29, 0.717) is 5.92 Å². The molecule has 4 heteroatoms. The van der Waals surface area contributed by atoms with E-state index in [9.17, 15) is 4.79 Å². The molecule has 1 aromatic heterocycles. The molecule has 3 nitrogen and oxygen atoms in total. The van der Waals surface area contributed by atoms with Crippen molar-refractivity contribution in [3.05, 3.63) is 28.8 Å². The molecule has 1 aliphatic rings. The summed E-state index contributed by atoms with van der Waals surface area (Å²) in [6.45, 7) is 0. The van der Waals surface area contributed by atoms with Gasteiger partial charge in [0.15, 0.2) is 0 Å². The standard InChI is InChI=1S/C15H17NO2S/c17-14(18)9-10-6-7-12-13(8-10)19-15(16-12)11-4-2-1-3-5-11/h6-8,11H,1-5,9H2,(H,17,18). The maximum Gasteiger partial charge on any atom is 0.307 e. The third-order valence-corrected chi connectivity index (χ3v) is 4.96. The van der Waals surface area contributed by atoms with E-state index in [0.717, 1.165) is 15.8 Å². The first-order valence-corrected chi connectivity index (χ1v) is 7.65. The van der Waals surface area contributed by atoms with Crippen LogP contribution >= 0.6 is 11.3 Å². The first-order valence-electron chi connectivity index (χ1n) is 6.83.